The molecule has 2 unspecified atom stereocenters. The Kier molecular flexibility index (Phi) is 7.08. The molecule has 2 amide bonds. The van der Waals surface area contributed by atoms with Crippen LogP contribution in [0.2, 0.25) is 0 Å². The van der Waals surface area contributed by atoms with Crippen molar-refractivity contribution in [1.82, 2.24) is 10.6 Å². The van der Waals surface area contributed by atoms with Gasteiger partial charge in [-0.1, -0.05) is 20.3 Å². The molecule has 21 heavy (non-hydrogen) atoms. The van der Waals surface area contributed by atoms with E-state index in [2.05, 4.69) is 10.6 Å². The van der Waals surface area contributed by atoms with Gasteiger partial charge in [0.1, 0.15) is 11.6 Å². The van der Waals surface area contributed by atoms with E-state index < -0.39 is 23.8 Å². The quantitative estimate of drug-likeness (QED) is 0.723. The highest BCUT2D eigenvalue weighted by atomic mass is 19.1. The number of halogens is 2. The number of aliphatic hydroxyl groups is 1. The minimum atomic E-state index is -0.633. The van der Waals surface area contributed by atoms with Crippen molar-refractivity contribution >= 4 is 6.03 Å². The summed E-state index contributed by atoms with van der Waals surface area (Å²) in [5.74, 6) is -1.15. The zero-order valence-corrected chi connectivity index (χ0v) is 12.3. The second-order valence-corrected chi connectivity index (χ2v) is 5.12. The van der Waals surface area contributed by atoms with Gasteiger partial charge in [0, 0.05) is 19.2 Å². The van der Waals surface area contributed by atoms with Crippen LogP contribution in [0.4, 0.5) is 13.6 Å². The molecule has 0 aliphatic rings. The second-order valence-electron chi connectivity index (χ2n) is 5.12. The summed E-state index contributed by atoms with van der Waals surface area (Å²) in [5, 5.41) is 14.8. The van der Waals surface area contributed by atoms with E-state index in [9.17, 15) is 18.7 Å². The minimum Gasteiger partial charge on any atom is -0.391 e. The molecule has 0 heterocycles. The molecule has 0 spiro atoms. The Morgan fingerprint density at radius 1 is 1.24 bits per heavy atom. The summed E-state index contributed by atoms with van der Waals surface area (Å²) < 4.78 is 25.9. The molecule has 2 atom stereocenters. The first-order valence-corrected chi connectivity index (χ1v) is 7.07. The monoisotopic (exact) mass is 300 g/mol. The maximum absolute atomic E-state index is 13.0. The van der Waals surface area contributed by atoms with Gasteiger partial charge in [0.25, 0.3) is 0 Å². The van der Waals surface area contributed by atoms with Crippen LogP contribution < -0.4 is 10.6 Å². The van der Waals surface area contributed by atoms with Crippen LogP contribution >= 0.6 is 0 Å². The molecule has 0 aromatic heterocycles. The van der Waals surface area contributed by atoms with E-state index in [1.165, 1.54) is 12.1 Å². The molecule has 0 fully saturated rings. The zero-order chi connectivity index (χ0) is 15.8. The van der Waals surface area contributed by atoms with Crippen LogP contribution in [0, 0.1) is 17.6 Å². The van der Waals surface area contributed by atoms with Crippen molar-refractivity contribution in [3.63, 3.8) is 0 Å². The van der Waals surface area contributed by atoms with E-state index in [0.717, 1.165) is 12.5 Å². The molecule has 1 aromatic rings. The SMILES string of the molecule is CCC(C)C(O)CNC(=O)NCCc1cc(F)cc(F)c1. The Morgan fingerprint density at radius 2 is 1.86 bits per heavy atom. The van der Waals surface area contributed by atoms with E-state index in [4.69, 9.17) is 0 Å². The van der Waals surface area contributed by atoms with Crippen LogP contribution in [0.5, 0.6) is 0 Å². The lowest BCUT2D eigenvalue weighted by molar-refractivity contribution is 0.114. The molecule has 6 heteroatoms. The Hall–Kier alpha value is -1.69. The third-order valence-electron chi connectivity index (χ3n) is 3.39. The predicted octanol–water partition coefficient (Wildman–Crippen LogP) is 2.21. The van der Waals surface area contributed by atoms with Gasteiger partial charge in [-0.15, -0.1) is 0 Å². The molecular weight excluding hydrogens is 278 g/mol. The molecule has 0 saturated heterocycles. The summed E-state index contributed by atoms with van der Waals surface area (Å²) in [6.07, 6.45) is 0.573. The molecule has 0 radical (unpaired) electrons. The van der Waals surface area contributed by atoms with E-state index in [-0.39, 0.29) is 19.0 Å². The van der Waals surface area contributed by atoms with E-state index >= 15 is 0 Å². The number of hydrogen-bond donors (Lipinski definition) is 3. The fourth-order valence-electron chi connectivity index (χ4n) is 1.81. The Morgan fingerprint density at radius 3 is 2.43 bits per heavy atom. The summed E-state index contributed by atoms with van der Waals surface area (Å²) in [7, 11) is 0. The fourth-order valence-corrected chi connectivity index (χ4v) is 1.81. The van der Waals surface area contributed by atoms with Crippen LogP contribution in [-0.4, -0.2) is 30.3 Å². The fraction of sp³-hybridized carbons (Fsp3) is 0.533. The first kappa shape index (κ1) is 17.4. The number of hydrogen-bond acceptors (Lipinski definition) is 2. The van der Waals surface area contributed by atoms with Crippen LogP contribution in [0.3, 0.4) is 0 Å². The summed E-state index contributed by atoms with van der Waals surface area (Å²) in [5.41, 5.74) is 0.479. The molecule has 1 aromatic carbocycles. The van der Waals surface area contributed by atoms with E-state index in [0.29, 0.717) is 12.0 Å². The summed E-state index contributed by atoms with van der Waals surface area (Å²) in [6, 6.07) is 2.86. The molecule has 0 aliphatic carbocycles. The van der Waals surface area contributed by atoms with Crippen LogP contribution in [0.15, 0.2) is 18.2 Å². The number of urea groups is 1. The van der Waals surface area contributed by atoms with Crippen molar-refractivity contribution in [2.75, 3.05) is 13.1 Å². The van der Waals surface area contributed by atoms with Gasteiger partial charge in [-0.2, -0.15) is 0 Å². The number of carbonyl (C=O) groups excluding carboxylic acids is 1. The van der Waals surface area contributed by atoms with E-state index in [1.54, 1.807) is 0 Å². The van der Waals surface area contributed by atoms with E-state index in [1.807, 2.05) is 13.8 Å². The van der Waals surface area contributed by atoms with Crippen molar-refractivity contribution in [3.05, 3.63) is 35.4 Å². The third-order valence-corrected chi connectivity index (χ3v) is 3.39. The lowest BCUT2D eigenvalue weighted by Crippen LogP contribution is -2.42. The second kappa shape index (κ2) is 8.56. The van der Waals surface area contributed by atoms with Crippen molar-refractivity contribution in [2.24, 2.45) is 5.92 Å². The molecule has 0 saturated carbocycles. The molecule has 118 valence electrons. The highest BCUT2D eigenvalue weighted by Crippen LogP contribution is 2.08. The van der Waals surface area contributed by atoms with Crippen molar-refractivity contribution in [3.8, 4) is 0 Å². The minimum absolute atomic E-state index is 0.112. The van der Waals surface area contributed by atoms with Gasteiger partial charge in [-0.25, -0.2) is 13.6 Å². The number of benzene rings is 1. The topological polar surface area (TPSA) is 61.4 Å². The first-order valence-electron chi connectivity index (χ1n) is 7.07. The average molecular weight is 300 g/mol. The maximum Gasteiger partial charge on any atom is 0.314 e. The highest BCUT2D eigenvalue weighted by molar-refractivity contribution is 5.73. The average Bonchev–Trinajstić information content (AvgIpc) is 2.42. The molecule has 3 N–H and O–H groups in total. The number of amides is 2. The van der Waals surface area contributed by atoms with Crippen LogP contribution in [0.1, 0.15) is 25.8 Å². The van der Waals surface area contributed by atoms with Gasteiger partial charge in [-0.05, 0) is 30.0 Å². The zero-order valence-electron chi connectivity index (χ0n) is 12.3. The lowest BCUT2D eigenvalue weighted by atomic mass is 10.0. The smallest absolute Gasteiger partial charge is 0.314 e. The normalized spacial score (nSPS) is 13.6. The first-order chi connectivity index (χ1) is 9.92. The maximum atomic E-state index is 13.0. The largest absolute Gasteiger partial charge is 0.391 e. The Labute approximate surface area is 123 Å². The van der Waals surface area contributed by atoms with Crippen LogP contribution in [0.25, 0.3) is 0 Å². The van der Waals surface area contributed by atoms with Crippen LogP contribution in [-0.2, 0) is 6.42 Å². The van der Waals surface area contributed by atoms with Gasteiger partial charge in [0.05, 0.1) is 6.10 Å². The molecular formula is C15H22F2N2O2. The molecule has 1 rings (SSSR count). The summed E-state index contributed by atoms with van der Waals surface area (Å²) in [6.45, 7) is 4.30. The van der Waals surface area contributed by atoms with Crippen molar-refractivity contribution < 1.29 is 18.7 Å². The number of rotatable bonds is 7. The Balaban J connectivity index is 2.27. The van der Waals surface area contributed by atoms with Gasteiger partial charge >= 0.3 is 6.03 Å². The summed E-state index contributed by atoms with van der Waals surface area (Å²) in [4.78, 5) is 11.5. The number of nitrogens with one attached hydrogen (secondary N) is 2. The third kappa shape index (κ3) is 6.53. The van der Waals surface area contributed by atoms with Gasteiger partial charge in [0.2, 0.25) is 0 Å². The van der Waals surface area contributed by atoms with Crippen molar-refractivity contribution in [1.29, 1.82) is 0 Å². The van der Waals surface area contributed by atoms with Gasteiger partial charge in [-0.3, -0.25) is 0 Å². The Bertz CT molecular complexity index is 449. The highest BCUT2D eigenvalue weighted by Gasteiger charge is 2.12. The predicted molar refractivity (Wildman–Crippen MR) is 76.9 cm³/mol. The molecule has 0 aliphatic heterocycles. The standard InChI is InChI=1S/C15H22F2N2O2/c1-3-10(2)14(20)9-19-15(21)18-5-4-11-6-12(16)8-13(17)7-11/h6-8,10,14,20H,3-5,9H2,1-2H3,(H2,18,19,21). The van der Waals surface area contributed by atoms with Crippen molar-refractivity contribution in [2.45, 2.75) is 32.8 Å². The molecule has 0 bridgehead atoms. The molecule has 4 nitrogen and oxygen atoms in total. The van der Waals surface area contributed by atoms with Gasteiger partial charge < -0.3 is 15.7 Å². The number of carbonyl (C=O) groups is 1. The number of aliphatic hydroxyl groups excluding tert-OH is 1. The summed E-state index contributed by atoms with van der Waals surface area (Å²) >= 11 is 0. The van der Waals surface area contributed by atoms with Gasteiger partial charge in [0.15, 0.2) is 0 Å². The lowest BCUT2D eigenvalue weighted by Gasteiger charge is -2.17.